The number of hydrogen-bond acceptors (Lipinski definition) is 3. The molecule has 3 rings (SSSR count). The Labute approximate surface area is 147 Å². The fraction of sp³-hybridized carbons (Fsp3) is 0.300. The van der Waals surface area contributed by atoms with Gasteiger partial charge in [0.25, 0.3) is 5.91 Å². The minimum atomic E-state index is -0.122. The fourth-order valence-electron chi connectivity index (χ4n) is 3.03. The lowest BCUT2D eigenvalue weighted by molar-refractivity contribution is -0.135. The predicted molar refractivity (Wildman–Crippen MR) is 96.2 cm³/mol. The van der Waals surface area contributed by atoms with Crippen LogP contribution in [-0.2, 0) is 9.59 Å². The van der Waals surface area contributed by atoms with Crippen molar-refractivity contribution < 1.29 is 14.3 Å². The van der Waals surface area contributed by atoms with Crippen LogP contribution in [0.2, 0.25) is 0 Å². The highest BCUT2D eigenvalue weighted by Gasteiger charge is 2.25. The van der Waals surface area contributed by atoms with Gasteiger partial charge in [0.1, 0.15) is 5.75 Å². The molecule has 1 fully saturated rings. The lowest BCUT2D eigenvalue weighted by atomic mass is 10.1. The summed E-state index contributed by atoms with van der Waals surface area (Å²) in [5, 5.41) is 2.79. The molecule has 0 aromatic heterocycles. The summed E-state index contributed by atoms with van der Waals surface area (Å²) in [6.45, 7) is 2.84. The largest absolute Gasteiger partial charge is 0.483 e. The third-order valence-corrected chi connectivity index (χ3v) is 4.33. The molecule has 0 spiro atoms. The van der Waals surface area contributed by atoms with E-state index in [9.17, 15) is 9.59 Å². The maximum Gasteiger partial charge on any atom is 0.260 e. The predicted octanol–water partition coefficient (Wildman–Crippen LogP) is 2.47. The first-order valence-corrected chi connectivity index (χ1v) is 8.48. The number of benzene rings is 2. The van der Waals surface area contributed by atoms with Crippen LogP contribution in [0.4, 0.5) is 0 Å². The van der Waals surface area contributed by atoms with Gasteiger partial charge in [0.05, 0.1) is 0 Å². The van der Waals surface area contributed by atoms with E-state index in [4.69, 9.17) is 4.74 Å². The zero-order valence-electron chi connectivity index (χ0n) is 14.3. The highest BCUT2D eigenvalue weighted by atomic mass is 16.5. The maximum absolute atomic E-state index is 12.6. The zero-order valence-corrected chi connectivity index (χ0v) is 14.3. The number of para-hydroxylation sites is 1. The highest BCUT2D eigenvalue weighted by Crippen LogP contribution is 2.29. The lowest BCUT2D eigenvalue weighted by Gasteiger charge is -2.26. The van der Waals surface area contributed by atoms with Gasteiger partial charge in [-0.2, -0.15) is 0 Å². The topological polar surface area (TPSA) is 58.6 Å². The average Bonchev–Trinajstić information content (AvgIpc) is 2.80. The molecule has 1 aliphatic heterocycles. The van der Waals surface area contributed by atoms with E-state index >= 15 is 0 Å². The van der Waals surface area contributed by atoms with Crippen LogP contribution in [0.25, 0.3) is 11.1 Å². The van der Waals surface area contributed by atoms with Crippen molar-refractivity contribution >= 4 is 11.8 Å². The van der Waals surface area contributed by atoms with Crippen molar-refractivity contribution in [2.24, 2.45) is 0 Å². The van der Waals surface area contributed by atoms with E-state index in [1.165, 1.54) is 0 Å². The minimum absolute atomic E-state index is 0.0156. The molecule has 0 aliphatic carbocycles. The van der Waals surface area contributed by atoms with Crippen molar-refractivity contribution in [3.05, 3.63) is 54.6 Å². The first-order valence-electron chi connectivity index (χ1n) is 8.48. The number of carbonyl (C=O) groups excluding carboxylic acids is 2. The summed E-state index contributed by atoms with van der Waals surface area (Å²) < 4.78 is 5.83. The molecule has 2 aromatic carbocycles. The van der Waals surface area contributed by atoms with E-state index in [0.717, 1.165) is 11.1 Å². The fourth-order valence-corrected chi connectivity index (χ4v) is 3.03. The van der Waals surface area contributed by atoms with E-state index in [-0.39, 0.29) is 24.5 Å². The van der Waals surface area contributed by atoms with Crippen molar-refractivity contribution in [2.75, 3.05) is 19.7 Å². The van der Waals surface area contributed by atoms with Gasteiger partial charge in [-0.3, -0.25) is 9.59 Å². The molecule has 130 valence electrons. The quantitative estimate of drug-likeness (QED) is 0.932. The third-order valence-electron chi connectivity index (χ3n) is 4.33. The molecule has 5 nitrogen and oxygen atoms in total. The molecule has 25 heavy (non-hydrogen) atoms. The van der Waals surface area contributed by atoms with Crippen molar-refractivity contribution in [3.8, 4) is 16.9 Å². The summed E-state index contributed by atoms with van der Waals surface area (Å²) in [6, 6.07) is 17.5. The Balaban J connectivity index is 1.70. The number of nitrogens with one attached hydrogen (secondary N) is 1. The van der Waals surface area contributed by atoms with E-state index in [1.807, 2.05) is 61.5 Å². The molecule has 1 unspecified atom stereocenters. The maximum atomic E-state index is 12.6. The molecule has 1 atom stereocenters. The number of amides is 2. The third kappa shape index (κ3) is 4.18. The molecule has 1 aliphatic rings. The Morgan fingerprint density at radius 2 is 1.88 bits per heavy atom. The average molecular weight is 338 g/mol. The van der Waals surface area contributed by atoms with Crippen LogP contribution in [0.1, 0.15) is 13.3 Å². The standard InChI is InChI=1S/C20H22N2O3/c1-15-13-19(23)21-11-12-22(15)20(24)14-25-18-10-6-5-9-17(18)16-7-3-2-4-8-16/h2-10,15H,11-14H2,1H3,(H,21,23). The second-order valence-electron chi connectivity index (χ2n) is 6.14. The summed E-state index contributed by atoms with van der Waals surface area (Å²) in [5.41, 5.74) is 2.00. The summed E-state index contributed by atoms with van der Waals surface area (Å²) in [4.78, 5) is 25.8. The van der Waals surface area contributed by atoms with Gasteiger partial charge < -0.3 is 15.0 Å². The molecular weight excluding hydrogens is 316 g/mol. The van der Waals surface area contributed by atoms with E-state index < -0.39 is 0 Å². The van der Waals surface area contributed by atoms with Gasteiger partial charge in [-0.1, -0.05) is 48.5 Å². The van der Waals surface area contributed by atoms with E-state index in [1.54, 1.807) is 4.90 Å². The van der Waals surface area contributed by atoms with Gasteiger partial charge in [-0.25, -0.2) is 0 Å². The Morgan fingerprint density at radius 3 is 2.68 bits per heavy atom. The Hall–Kier alpha value is -2.82. The molecule has 1 saturated heterocycles. The van der Waals surface area contributed by atoms with Crippen molar-refractivity contribution in [2.45, 2.75) is 19.4 Å². The minimum Gasteiger partial charge on any atom is -0.483 e. The van der Waals surface area contributed by atoms with Gasteiger partial charge in [-0.05, 0) is 18.6 Å². The first kappa shape index (κ1) is 17.0. The van der Waals surface area contributed by atoms with Gasteiger partial charge in [0, 0.05) is 31.1 Å². The summed E-state index contributed by atoms with van der Waals surface area (Å²) in [7, 11) is 0. The summed E-state index contributed by atoms with van der Waals surface area (Å²) in [6.07, 6.45) is 0.326. The second-order valence-corrected chi connectivity index (χ2v) is 6.14. The smallest absolute Gasteiger partial charge is 0.260 e. The summed E-state index contributed by atoms with van der Waals surface area (Å²) >= 11 is 0. The molecular formula is C20H22N2O3. The monoisotopic (exact) mass is 338 g/mol. The molecule has 2 amide bonds. The van der Waals surface area contributed by atoms with Gasteiger partial charge in [0.2, 0.25) is 5.91 Å². The molecule has 0 saturated carbocycles. The molecule has 1 heterocycles. The Kier molecular flexibility index (Phi) is 5.33. The SMILES string of the molecule is CC1CC(=O)NCCN1C(=O)COc1ccccc1-c1ccccc1. The molecule has 0 bridgehead atoms. The van der Waals surface area contributed by atoms with Crippen molar-refractivity contribution in [1.29, 1.82) is 0 Å². The van der Waals surface area contributed by atoms with Gasteiger partial charge >= 0.3 is 0 Å². The second kappa shape index (κ2) is 7.83. The normalized spacial score (nSPS) is 17.6. The Bertz CT molecular complexity index is 746. The lowest BCUT2D eigenvalue weighted by Crippen LogP contribution is -2.42. The van der Waals surface area contributed by atoms with Crippen LogP contribution in [0.5, 0.6) is 5.75 Å². The number of nitrogens with zero attached hydrogens (tertiary/aromatic N) is 1. The van der Waals surface area contributed by atoms with Crippen LogP contribution in [-0.4, -0.2) is 42.5 Å². The zero-order chi connectivity index (χ0) is 17.6. The van der Waals surface area contributed by atoms with Gasteiger partial charge in [-0.15, -0.1) is 0 Å². The molecule has 1 N–H and O–H groups in total. The van der Waals surface area contributed by atoms with E-state index in [0.29, 0.717) is 25.3 Å². The molecule has 0 radical (unpaired) electrons. The van der Waals surface area contributed by atoms with Crippen LogP contribution >= 0.6 is 0 Å². The van der Waals surface area contributed by atoms with Crippen LogP contribution in [0, 0.1) is 0 Å². The number of rotatable bonds is 4. The number of carbonyl (C=O) groups is 2. The molecule has 5 heteroatoms. The summed E-state index contributed by atoms with van der Waals surface area (Å²) in [5.74, 6) is 0.559. The Morgan fingerprint density at radius 1 is 1.16 bits per heavy atom. The van der Waals surface area contributed by atoms with Crippen LogP contribution in [0.15, 0.2) is 54.6 Å². The highest BCUT2D eigenvalue weighted by molar-refractivity contribution is 5.82. The van der Waals surface area contributed by atoms with Crippen LogP contribution < -0.4 is 10.1 Å². The van der Waals surface area contributed by atoms with Crippen LogP contribution in [0.3, 0.4) is 0 Å². The van der Waals surface area contributed by atoms with Crippen molar-refractivity contribution in [3.63, 3.8) is 0 Å². The van der Waals surface area contributed by atoms with Gasteiger partial charge in [0.15, 0.2) is 6.61 Å². The first-order chi connectivity index (χ1) is 12.1. The number of hydrogen-bond donors (Lipinski definition) is 1. The van der Waals surface area contributed by atoms with Crippen molar-refractivity contribution in [1.82, 2.24) is 10.2 Å². The van der Waals surface area contributed by atoms with E-state index in [2.05, 4.69) is 5.32 Å². The number of ether oxygens (including phenoxy) is 1. The molecule has 2 aromatic rings.